The summed E-state index contributed by atoms with van der Waals surface area (Å²) in [6.45, 7) is 7.21. The SMILES string of the molecule is CC(C)=CCCC(C)=CCN1C[C@@]23C=C[C@@H](O2)[C@H](C(=O)O)[C@@H]3C1=O. The van der Waals surface area contributed by atoms with E-state index in [1.54, 1.807) is 11.0 Å². The van der Waals surface area contributed by atoms with Crippen LogP contribution >= 0.6 is 0 Å². The predicted molar refractivity (Wildman–Crippen MR) is 90.4 cm³/mol. The number of carbonyl (C=O) groups excluding carboxylic acids is 1. The molecule has 24 heavy (non-hydrogen) atoms. The van der Waals surface area contributed by atoms with Crippen molar-refractivity contribution >= 4 is 11.9 Å². The molecule has 130 valence electrons. The van der Waals surface area contributed by atoms with Crippen LogP contribution in [0.2, 0.25) is 0 Å². The molecule has 5 nitrogen and oxygen atoms in total. The Morgan fingerprint density at radius 1 is 1.42 bits per heavy atom. The van der Waals surface area contributed by atoms with Gasteiger partial charge in [0, 0.05) is 6.54 Å². The lowest BCUT2D eigenvalue weighted by atomic mass is 9.77. The molecule has 0 aromatic rings. The zero-order valence-corrected chi connectivity index (χ0v) is 14.5. The van der Waals surface area contributed by atoms with Crippen LogP contribution in [0.4, 0.5) is 0 Å². The molecule has 0 aliphatic carbocycles. The molecule has 3 aliphatic heterocycles. The number of allylic oxidation sites excluding steroid dienone is 3. The van der Waals surface area contributed by atoms with E-state index in [1.165, 1.54) is 11.1 Å². The summed E-state index contributed by atoms with van der Waals surface area (Å²) in [5.41, 5.74) is 1.82. The van der Waals surface area contributed by atoms with Crippen LogP contribution in [0.15, 0.2) is 35.5 Å². The van der Waals surface area contributed by atoms with Crippen molar-refractivity contribution in [2.75, 3.05) is 13.1 Å². The molecule has 4 atom stereocenters. The third-order valence-corrected chi connectivity index (χ3v) is 5.22. The fraction of sp³-hybridized carbons (Fsp3) is 0.579. The van der Waals surface area contributed by atoms with Gasteiger partial charge in [0.15, 0.2) is 0 Å². The van der Waals surface area contributed by atoms with Crippen molar-refractivity contribution in [2.45, 2.75) is 45.3 Å². The van der Waals surface area contributed by atoms with Gasteiger partial charge in [-0.1, -0.05) is 35.5 Å². The van der Waals surface area contributed by atoms with Gasteiger partial charge in [-0.3, -0.25) is 9.59 Å². The Bertz CT molecular complexity index is 644. The number of rotatable bonds is 6. The fourth-order valence-electron chi connectivity index (χ4n) is 3.97. The van der Waals surface area contributed by atoms with E-state index in [2.05, 4.69) is 32.9 Å². The minimum atomic E-state index is -0.945. The number of carbonyl (C=O) groups is 2. The maximum atomic E-state index is 12.7. The molecule has 1 spiro atoms. The molecule has 2 fully saturated rings. The van der Waals surface area contributed by atoms with Gasteiger partial charge < -0.3 is 14.7 Å². The molecule has 0 aromatic carbocycles. The number of fused-ring (bicyclic) bond motifs is 1. The van der Waals surface area contributed by atoms with E-state index in [4.69, 9.17) is 4.74 Å². The van der Waals surface area contributed by atoms with E-state index >= 15 is 0 Å². The van der Waals surface area contributed by atoms with Crippen LogP contribution in [0.1, 0.15) is 33.6 Å². The van der Waals surface area contributed by atoms with Crippen LogP contribution in [-0.2, 0) is 14.3 Å². The summed E-state index contributed by atoms with van der Waals surface area (Å²) in [5.74, 6) is -2.37. The lowest BCUT2D eigenvalue weighted by molar-refractivity contribution is -0.147. The first kappa shape index (κ1) is 17.0. The van der Waals surface area contributed by atoms with Gasteiger partial charge in [0.25, 0.3) is 0 Å². The molecule has 3 rings (SSSR count). The molecule has 0 aromatic heterocycles. The largest absolute Gasteiger partial charge is 0.481 e. The standard InChI is InChI=1S/C19H25NO4/c1-12(2)5-4-6-13(3)8-10-20-11-19-9-7-14(24-19)15(18(22)23)16(19)17(20)21/h5,7-9,14-16H,4,6,10-11H2,1-3H3,(H,22,23)/t14-,15+,16-,19-/m1/s1. The third-order valence-electron chi connectivity index (χ3n) is 5.22. The van der Waals surface area contributed by atoms with Crippen LogP contribution in [0, 0.1) is 11.8 Å². The molecular formula is C19H25NO4. The summed E-state index contributed by atoms with van der Waals surface area (Å²) in [6, 6.07) is 0. The summed E-state index contributed by atoms with van der Waals surface area (Å²) < 4.78 is 5.87. The molecule has 0 radical (unpaired) electrons. The second-order valence-corrected chi connectivity index (χ2v) is 7.33. The Balaban J connectivity index is 1.66. The summed E-state index contributed by atoms with van der Waals surface area (Å²) >= 11 is 0. The van der Waals surface area contributed by atoms with Gasteiger partial charge in [-0.25, -0.2) is 0 Å². The number of aliphatic carboxylic acids is 1. The first-order valence-corrected chi connectivity index (χ1v) is 8.52. The Hall–Kier alpha value is -1.88. The number of likely N-dealkylation sites (tertiary alicyclic amines) is 1. The summed E-state index contributed by atoms with van der Waals surface area (Å²) in [7, 11) is 0. The number of amides is 1. The minimum absolute atomic E-state index is 0.0948. The molecule has 1 N–H and O–H groups in total. The van der Waals surface area contributed by atoms with Crippen molar-refractivity contribution in [3.05, 3.63) is 35.5 Å². The number of hydrogen-bond donors (Lipinski definition) is 1. The molecule has 1 amide bonds. The van der Waals surface area contributed by atoms with Crippen LogP contribution in [0.5, 0.6) is 0 Å². The topological polar surface area (TPSA) is 66.8 Å². The van der Waals surface area contributed by atoms with Gasteiger partial charge in [0.1, 0.15) is 11.5 Å². The lowest BCUT2D eigenvalue weighted by Crippen LogP contribution is -2.39. The summed E-state index contributed by atoms with van der Waals surface area (Å²) in [6.07, 6.45) is 9.48. The van der Waals surface area contributed by atoms with E-state index in [1.807, 2.05) is 6.08 Å². The van der Waals surface area contributed by atoms with Gasteiger partial charge in [0.2, 0.25) is 5.91 Å². The van der Waals surface area contributed by atoms with Gasteiger partial charge in [0.05, 0.1) is 18.6 Å². The maximum absolute atomic E-state index is 12.7. The van der Waals surface area contributed by atoms with Crippen LogP contribution in [0.3, 0.4) is 0 Å². The third kappa shape index (κ3) is 2.81. The average molecular weight is 331 g/mol. The highest BCUT2D eigenvalue weighted by Gasteiger charge is 2.66. The van der Waals surface area contributed by atoms with Crippen molar-refractivity contribution in [1.82, 2.24) is 4.90 Å². The molecule has 0 saturated carbocycles. The quantitative estimate of drug-likeness (QED) is 0.760. The normalized spacial score (nSPS) is 34.0. The van der Waals surface area contributed by atoms with E-state index < -0.39 is 29.5 Å². The Kier molecular flexibility index (Phi) is 4.38. The Morgan fingerprint density at radius 2 is 2.17 bits per heavy atom. The van der Waals surface area contributed by atoms with Gasteiger partial charge in [-0.2, -0.15) is 0 Å². The van der Waals surface area contributed by atoms with Crippen molar-refractivity contribution in [3.63, 3.8) is 0 Å². The molecular weight excluding hydrogens is 306 g/mol. The van der Waals surface area contributed by atoms with E-state index in [-0.39, 0.29) is 5.91 Å². The van der Waals surface area contributed by atoms with Gasteiger partial charge in [-0.15, -0.1) is 0 Å². The number of hydrogen-bond acceptors (Lipinski definition) is 3. The van der Waals surface area contributed by atoms with E-state index in [0.717, 1.165) is 12.8 Å². The van der Waals surface area contributed by atoms with E-state index in [0.29, 0.717) is 13.1 Å². The second-order valence-electron chi connectivity index (χ2n) is 7.33. The smallest absolute Gasteiger partial charge is 0.310 e. The minimum Gasteiger partial charge on any atom is -0.481 e. The van der Waals surface area contributed by atoms with Crippen LogP contribution in [-0.4, -0.2) is 46.7 Å². The Morgan fingerprint density at radius 3 is 2.83 bits per heavy atom. The highest BCUT2D eigenvalue weighted by molar-refractivity contribution is 5.90. The molecule has 3 heterocycles. The van der Waals surface area contributed by atoms with Crippen LogP contribution in [0.25, 0.3) is 0 Å². The van der Waals surface area contributed by atoms with Crippen molar-refractivity contribution in [3.8, 4) is 0 Å². The summed E-state index contributed by atoms with van der Waals surface area (Å²) in [4.78, 5) is 26.0. The number of carboxylic acid groups (broad SMARTS) is 1. The highest BCUT2D eigenvalue weighted by atomic mass is 16.5. The number of nitrogens with zero attached hydrogens (tertiary/aromatic N) is 1. The lowest BCUT2D eigenvalue weighted by Gasteiger charge is -2.21. The first-order chi connectivity index (χ1) is 11.3. The number of ether oxygens (including phenoxy) is 1. The van der Waals surface area contributed by atoms with Gasteiger partial charge in [-0.05, 0) is 33.6 Å². The summed E-state index contributed by atoms with van der Waals surface area (Å²) in [5, 5.41) is 9.44. The van der Waals surface area contributed by atoms with E-state index in [9.17, 15) is 14.7 Å². The average Bonchev–Trinajstić information content (AvgIpc) is 3.13. The molecule has 2 saturated heterocycles. The monoisotopic (exact) mass is 331 g/mol. The molecule has 0 unspecified atom stereocenters. The fourth-order valence-corrected chi connectivity index (χ4v) is 3.97. The van der Waals surface area contributed by atoms with Crippen molar-refractivity contribution < 1.29 is 19.4 Å². The molecule has 3 aliphatic rings. The van der Waals surface area contributed by atoms with Crippen molar-refractivity contribution in [1.29, 1.82) is 0 Å². The highest BCUT2D eigenvalue weighted by Crippen LogP contribution is 2.51. The first-order valence-electron chi connectivity index (χ1n) is 8.52. The van der Waals surface area contributed by atoms with Crippen molar-refractivity contribution in [2.24, 2.45) is 11.8 Å². The predicted octanol–water partition coefficient (Wildman–Crippen LogP) is 2.55. The molecule has 2 bridgehead atoms. The number of carboxylic acids is 1. The van der Waals surface area contributed by atoms with Gasteiger partial charge >= 0.3 is 5.97 Å². The van der Waals surface area contributed by atoms with Crippen LogP contribution < -0.4 is 0 Å². The second kappa shape index (κ2) is 6.20. The Labute approximate surface area is 142 Å². The maximum Gasteiger partial charge on any atom is 0.310 e. The molecule has 5 heteroatoms. The zero-order chi connectivity index (χ0) is 17.5. The zero-order valence-electron chi connectivity index (χ0n) is 14.5.